The average molecular weight is 513 g/mol. The van der Waals surface area contributed by atoms with E-state index in [0.717, 1.165) is 26.2 Å². The topological polar surface area (TPSA) is 66.5 Å². The fraction of sp³-hybridized carbons (Fsp3) is 0.115. The molecule has 4 rings (SSSR count). The van der Waals surface area contributed by atoms with Gasteiger partial charge >= 0.3 is 0 Å². The minimum absolute atomic E-state index is 0.0523. The number of amides is 1. The normalized spacial score (nSPS) is 11.4. The number of benzene rings is 4. The largest absolute Gasteiger partial charge is 0.350 e. The van der Waals surface area contributed by atoms with Gasteiger partial charge in [-0.15, -0.1) is 0 Å². The lowest BCUT2D eigenvalue weighted by Crippen LogP contribution is -2.40. The predicted molar refractivity (Wildman–Crippen MR) is 138 cm³/mol. The number of sulfonamides is 1. The highest BCUT2D eigenvalue weighted by Crippen LogP contribution is 2.35. The molecule has 0 fully saturated rings. The molecule has 0 unspecified atom stereocenters. The Morgan fingerprint density at radius 1 is 0.882 bits per heavy atom. The van der Waals surface area contributed by atoms with Crippen LogP contribution >= 0.6 is 23.2 Å². The number of halogens is 2. The summed E-state index contributed by atoms with van der Waals surface area (Å²) in [7, 11) is -4.09. The molecule has 34 heavy (non-hydrogen) atoms. The number of rotatable bonds is 7. The second-order valence-electron chi connectivity index (χ2n) is 7.86. The van der Waals surface area contributed by atoms with Gasteiger partial charge in [0, 0.05) is 6.54 Å². The second-order valence-corrected chi connectivity index (χ2v) is 10.5. The fourth-order valence-electron chi connectivity index (χ4n) is 3.56. The van der Waals surface area contributed by atoms with Gasteiger partial charge in [0.2, 0.25) is 5.91 Å². The Labute approximate surface area is 209 Å². The molecular weight excluding hydrogens is 491 g/mol. The number of nitrogens with zero attached hydrogens (tertiary/aromatic N) is 1. The van der Waals surface area contributed by atoms with Gasteiger partial charge in [-0.25, -0.2) is 8.42 Å². The van der Waals surface area contributed by atoms with E-state index < -0.39 is 22.5 Å². The van der Waals surface area contributed by atoms with Crippen LogP contribution in [0.2, 0.25) is 10.0 Å². The highest BCUT2D eigenvalue weighted by molar-refractivity contribution is 7.92. The molecule has 0 aliphatic heterocycles. The molecule has 8 heteroatoms. The lowest BCUT2D eigenvalue weighted by atomic mass is 10.1. The standard InChI is InChI=1S/C26H22Cl2N2O3S/c1-18-9-13-22(14-10-18)34(32,33)30(24-8-4-7-23(27)26(24)28)17-25(31)29-16-19-11-12-20-5-2-3-6-21(20)15-19/h2-15H,16-17H2,1H3,(H,29,31). The van der Waals surface area contributed by atoms with E-state index in [1.54, 1.807) is 24.3 Å². The first-order chi connectivity index (χ1) is 16.3. The minimum Gasteiger partial charge on any atom is -0.350 e. The Morgan fingerprint density at radius 2 is 1.59 bits per heavy atom. The molecule has 0 bridgehead atoms. The summed E-state index contributed by atoms with van der Waals surface area (Å²) in [5, 5.41) is 5.22. The van der Waals surface area contributed by atoms with Crippen LogP contribution in [-0.2, 0) is 21.4 Å². The summed E-state index contributed by atoms with van der Waals surface area (Å²) in [6.45, 7) is 1.66. The Morgan fingerprint density at radius 3 is 2.32 bits per heavy atom. The number of carbonyl (C=O) groups is 1. The molecule has 1 amide bonds. The fourth-order valence-corrected chi connectivity index (χ4v) is 5.44. The van der Waals surface area contributed by atoms with Gasteiger partial charge in [0.15, 0.2) is 0 Å². The Hall–Kier alpha value is -3.06. The molecule has 0 atom stereocenters. The van der Waals surface area contributed by atoms with Gasteiger partial charge in [0.1, 0.15) is 6.54 Å². The van der Waals surface area contributed by atoms with Crippen LogP contribution in [-0.4, -0.2) is 20.9 Å². The van der Waals surface area contributed by atoms with Crippen LogP contribution in [0.3, 0.4) is 0 Å². The van der Waals surface area contributed by atoms with E-state index in [1.165, 1.54) is 18.2 Å². The number of hydrogen-bond donors (Lipinski definition) is 1. The van der Waals surface area contributed by atoms with Crippen molar-refractivity contribution in [3.8, 4) is 0 Å². The lowest BCUT2D eigenvalue weighted by Gasteiger charge is -2.25. The molecule has 4 aromatic rings. The molecule has 4 aromatic carbocycles. The van der Waals surface area contributed by atoms with Crippen molar-refractivity contribution in [3.05, 3.63) is 106 Å². The van der Waals surface area contributed by atoms with Crippen LogP contribution < -0.4 is 9.62 Å². The molecule has 1 N–H and O–H groups in total. The second kappa shape index (κ2) is 10.1. The third-order valence-electron chi connectivity index (χ3n) is 5.40. The van der Waals surface area contributed by atoms with Crippen molar-refractivity contribution in [1.29, 1.82) is 0 Å². The molecular formula is C26H22Cl2N2O3S. The van der Waals surface area contributed by atoms with Crippen molar-refractivity contribution >= 4 is 55.6 Å². The summed E-state index contributed by atoms with van der Waals surface area (Å²) in [6.07, 6.45) is 0. The monoisotopic (exact) mass is 512 g/mol. The summed E-state index contributed by atoms with van der Waals surface area (Å²) >= 11 is 12.5. The molecule has 0 radical (unpaired) electrons. The van der Waals surface area contributed by atoms with Crippen LogP contribution in [0, 0.1) is 6.92 Å². The van der Waals surface area contributed by atoms with E-state index in [0.29, 0.717) is 0 Å². The zero-order valence-corrected chi connectivity index (χ0v) is 20.7. The van der Waals surface area contributed by atoms with E-state index in [9.17, 15) is 13.2 Å². The van der Waals surface area contributed by atoms with Crippen molar-refractivity contribution in [3.63, 3.8) is 0 Å². The summed E-state index contributed by atoms with van der Waals surface area (Å²) in [5.41, 5.74) is 1.95. The van der Waals surface area contributed by atoms with Crippen LogP contribution in [0.4, 0.5) is 5.69 Å². The molecule has 0 aromatic heterocycles. The first-order valence-electron chi connectivity index (χ1n) is 10.5. The molecule has 174 valence electrons. The SMILES string of the molecule is Cc1ccc(S(=O)(=O)N(CC(=O)NCc2ccc3ccccc3c2)c2cccc(Cl)c2Cl)cc1. The minimum atomic E-state index is -4.09. The smallest absolute Gasteiger partial charge is 0.264 e. The van der Waals surface area contributed by atoms with E-state index >= 15 is 0 Å². The molecule has 0 saturated heterocycles. The van der Waals surface area contributed by atoms with Crippen LogP contribution in [0.15, 0.2) is 89.8 Å². The maximum Gasteiger partial charge on any atom is 0.264 e. The predicted octanol–water partition coefficient (Wildman–Crippen LogP) is 5.97. The van der Waals surface area contributed by atoms with Gasteiger partial charge in [-0.3, -0.25) is 9.10 Å². The summed E-state index contributed by atoms with van der Waals surface area (Å²) in [6, 6.07) is 24.9. The Balaban J connectivity index is 1.60. The zero-order chi connectivity index (χ0) is 24.3. The number of hydrogen-bond acceptors (Lipinski definition) is 3. The third kappa shape index (κ3) is 5.20. The van der Waals surface area contributed by atoms with Gasteiger partial charge in [0.05, 0.1) is 20.6 Å². The number of aryl methyl sites for hydroxylation is 1. The maximum atomic E-state index is 13.5. The summed E-state index contributed by atoms with van der Waals surface area (Å²) < 4.78 is 28.0. The molecule has 5 nitrogen and oxygen atoms in total. The summed E-state index contributed by atoms with van der Waals surface area (Å²) in [4.78, 5) is 13.0. The van der Waals surface area contributed by atoms with E-state index in [-0.39, 0.29) is 27.2 Å². The van der Waals surface area contributed by atoms with Crippen LogP contribution in [0.5, 0.6) is 0 Å². The average Bonchev–Trinajstić information content (AvgIpc) is 2.83. The Kier molecular flexibility index (Phi) is 7.12. The van der Waals surface area contributed by atoms with Gasteiger partial charge in [-0.1, -0.05) is 83.4 Å². The quantitative estimate of drug-likeness (QED) is 0.331. The van der Waals surface area contributed by atoms with Crippen molar-refractivity contribution < 1.29 is 13.2 Å². The first-order valence-corrected chi connectivity index (χ1v) is 12.7. The number of nitrogens with one attached hydrogen (secondary N) is 1. The molecule has 0 saturated carbocycles. The van der Waals surface area contributed by atoms with Gasteiger partial charge in [0.25, 0.3) is 10.0 Å². The zero-order valence-electron chi connectivity index (χ0n) is 18.3. The number of fused-ring (bicyclic) bond motifs is 1. The highest BCUT2D eigenvalue weighted by atomic mass is 35.5. The van der Waals surface area contributed by atoms with E-state index in [4.69, 9.17) is 23.2 Å². The van der Waals surface area contributed by atoms with E-state index in [2.05, 4.69) is 5.32 Å². The van der Waals surface area contributed by atoms with Crippen molar-refractivity contribution in [2.75, 3.05) is 10.8 Å². The lowest BCUT2D eigenvalue weighted by molar-refractivity contribution is -0.119. The van der Waals surface area contributed by atoms with Crippen LogP contribution in [0.1, 0.15) is 11.1 Å². The number of anilines is 1. The van der Waals surface area contributed by atoms with Gasteiger partial charge < -0.3 is 5.32 Å². The number of carbonyl (C=O) groups excluding carboxylic acids is 1. The molecule has 0 spiro atoms. The molecule has 0 heterocycles. The van der Waals surface area contributed by atoms with Crippen LogP contribution in [0.25, 0.3) is 10.8 Å². The van der Waals surface area contributed by atoms with E-state index in [1.807, 2.05) is 49.4 Å². The summed E-state index contributed by atoms with van der Waals surface area (Å²) in [5.74, 6) is -0.472. The van der Waals surface area contributed by atoms with Crippen molar-refractivity contribution in [2.24, 2.45) is 0 Å². The maximum absolute atomic E-state index is 13.5. The third-order valence-corrected chi connectivity index (χ3v) is 7.98. The first kappa shape index (κ1) is 24.1. The molecule has 0 aliphatic rings. The van der Waals surface area contributed by atoms with Crippen molar-refractivity contribution in [1.82, 2.24) is 5.32 Å². The molecule has 0 aliphatic carbocycles. The van der Waals surface area contributed by atoms with Crippen molar-refractivity contribution in [2.45, 2.75) is 18.4 Å². The van der Waals surface area contributed by atoms with Gasteiger partial charge in [-0.2, -0.15) is 0 Å². The Bertz CT molecular complexity index is 1450. The highest BCUT2D eigenvalue weighted by Gasteiger charge is 2.29. The van der Waals surface area contributed by atoms with Gasteiger partial charge in [-0.05, 0) is 53.6 Å².